The Balaban J connectivity index is 2.41. The van der Waals surface area contributed by atoms with Crippen LogP contribution in [0.2, 0.25) is 0 Å². The Kier molecular flexibility index (Phi) is 2.23. The fraction of sp³-hybridized carbons (Fsp3) is 0.455. The number of hydrogen-bond acceptors (Lipinski definition) is 2. The molecule has 0 bridgehead atoms. The number of rotatable bonds is 1. The normalized spacial score (nSPS) is 16.4. The van der Waals surface area contributed by atoms with Crippen molar-refractivity contribution in [3.8, 4) is 0 Å². The third-order valence-corrected chi connectivity index (χ3v) is 2.78. The second-order valence-electron chi connectivity index (χ2n) is 3.73. The molecule has 1 aliphatic rings. The maximum Gasteiger partial charge on any atom is 0.228 e. The summed E-state index contributed by atoms with van der Waals surface area (Å²) in [6.07, 6.45) is 3.38. The molecule has 1 fully saturated rings. The van der Waals surface area contributed by atoms with Crippen LogP contribution in [0.15, 0.2) is 12.3 Å². The number of anilines is 1. The predicted octanol–water partition coefficient (Wildman–Crippen LogP) is 1.83. The van der Waals surface area contributed by atoms with Crippen molar-refractivity contribution in [1.29, 1.82) is 0 Å². The van der Waals surface area contributed by atoms with Gasteiger partial charge < -0.3 is 0 Å². The van der Waals surface area contributed by atoms with E-state index in [1.165, 1.54) is 5.56 Å². The number of nitrogens with zero attached hydrogens (tertiary/aromatic N) is 2. The van der Waals surface area contributed by atoms with E-state index in [0.717, 1.165) is 24.3 Å². The van der Waals surface area contributed by atoms with E-state index >= 15 is 0 Å². The van der Waals surface area contributed by atoms with Crippen LogP contribution in [0.1, 0.15) is 24.0 Å². The highest BCUT2D eigenvalue weighted by molar-refractivity contribution is 5.95. The molecule has 0 saturated carbocycles. The molecule has 1 amide bonds. The van der Waals surface area contributed by atoms with E-state index in [4.69, 9.17) is 0 Å². The Morgan fingerprint density at radius 1 is 1.43 bits per heavy atom. The molecule has 0 aliphatic carbocycles. The number of amides is 1. The Hall–Kier alpha value is -1.38. The van der Waals surface area contributed by atoms with Gasteiger partial charge in [0.1, 0.15) is 5.82 Å². The molecule has 0 unspecified atom stereocenters. The summed E-state index contributed by atoms with van der Waals surface area (Å²) in [5.41, 5.74) is 2.30. The van der Waals surface area contributed by atoms with Crippen LogP contribution in [0, 0.1) is 13.8 Å². The highest BCUT2D eigenvalue weighted by atomic mass is 16.2. The predicted molar refractivity (Wildman–Crippen MR) is 55.3 cm³/mol. The molecule has 0 radical (unpaired) electrons. The minimum atomic E-state index is 0.200. The van der Waals surface area contributed by atoms with Gasteiger partial charge >= 0.3 is 0 Å². The lowest BCUT2D eigenvalue weighted by Gasteiger charge is -2.17. The van der Waals surface area contributed by atoms with Gasteiger partial charge in [-0.25, -0.2) is 4.98 Å². The molecule has 1 aromatic heterocycles. The summed E-state index contributed by atoms with van der Waals surface area (Å²) in [4.78, 5) is 17.6. The third kappa shape index (κ3) is 1.39. The second-order valence-corrected chi connectivity index (χ2v) is 3.73. The molecule has 3 nitrogen and oxygen atoms in total. The first-order valence-corrected chi connectivity index (χ1v) is 4.92. The number of carbonyl (C=O) groups excluding carboxylic acids is 1. The van der Waals surface area contributed by atoms with Crippen molar-refractivity contribution in [2.75, 3.05) is 11.4 Å². The smallest absolute Gasteiger partial charge is 0.228 e. The maximum absolute atomic E-state index is 11.5. The van der Waals surface area contributed by atoms with Gasteiger partial charge in [0.25, 0.3) is 0 Å². The van der Waals surface area contributed by atoms with Crippen LogP contribution < -0.4 is 4.90 Å². The third-order valence-electron chi connectivity index (χ3n) is 2.78. The average molecular weight is 190 g/mol. The molecule has 0 atom stereocenters. The van der Waals surface area contributed by atoms with E-state index in [2.05, 4.69) is 4.98 Å². The Labute approximate surface area is 83.8 Å². The monoisotopic (exact) mass is 190 g/mol. The van der Waals surface area contributed by atoms with Crippen LogP contribution in [-0.4, -0.2) is 17.4 Å². The molecular formula is C11H14N2O. The van der Waals surface area contributed by atoms with Gasteiger partial charge in [-0.05, 0) is 37.5 Å². The summed E-state index contributed by atoms with van der Waals surface area (Å²) in [5.74, 6) is 1.04. The van der Waals surface area contributed by atoms with Crippen LogP contribution in [0.3, 0.4) is 0 Å². The SMILES string of the molecule is Cc1ccnc(N2CCCC2=O)c1C. The van der Waals surface area contributed by atoms with E-state index in [9.17, 15) is 4.79 Å². The van der Waals surface area contributed by atoms with Gasteiger partial charge in [0.15, 0.2) is 0 Å². The van der Waals surface area contributed by atoms with E-state index < -0.39 is 0 Å². The first-order chi connectivity index (χ1) is 6.70. The van der Waals surface area contributed by atoms with Crippen molar-refractivity contribution in [1.82, 2.24) is 4.98 Å². The van der Waals surface area contributed by atoms with E-state index in [1.807, 2.05) is 19.9 Å². The molecular weight excluding hydrogens is 176 g/mol. The molecule has 1 aromatic rings. The van der Waals surface area contributed by atoms with Crippen LogP contribution in [0.5, 0.6) is 0 Å². The fourth-order valence-electron chi connectivity index (χ4n) is 1.76. The highest BCUT2D eigenvalue weighted by Gasteiger charge is 2.24. The Morgan fingerprint density at radius 3 is 2.86 bits per heavy atom. The fourth-order valence-corrected chi connectivity index (χ4v) is 1.76. The van der Waals surface area contributed by atoms with Gasteiger partial charge in [0.05, 0.1) is 0 Å². The topological polar surface area (TPSA) is 33.2 Å². The standard InChI is InChI=1S/C11H14N2O/c1-8-5-6-12-11(9(8)2)13-7-3-4-10(13)14/h5-6H,3-4,7H2,1-2H3. The highest BCUT2D eigenvalue weighted by Crippen LogP contribution is 2.24. The molecule has 0 N–H and O–H groups in total. The summed E-state index contributed by atoms with van der Waals surface area (Å²) in [6.45, 7) is 4.88. The van der Waals surface area contributed by atoms with Crippen LogP contribution in [0.4, 0.5) is 5.82 Å². The summed E-state index contributed by atoms with van der Waals surface area (Å²) in [7, 11) is 0. The van der Waals surface area contributed by atoms with Gasteiger partial charge in [0.2, 0.25) is 5.91 Å². The van der Waals surface area contributed by atoms with Crippen molar-refractivity contribution in [2.45, 2.75) is 26.7 Å². The minimum absolute atomic E-state index is 0.200. The van der Waals surface area contributed by atoms with E-state index in [-0.39, 0.29) is 5.91 Å². The summed E-state index contributed by atoms with van der Waals surface area (Å²) in [5, 5.41) is 0. The number of aromatic nitrogens is 1. The van der Waals surface area contributed by atoms with Crippen LogP contribution >= 0.6 is 0 Å². The molecule has 74 valence electrons. The molecule has 3 heteroatoms. The van der Waals surface area contributed by atoms with Crippen molar-refractivity contribution >= 4 is 11.7 Å². The molecule has 14 heavy (non-hydrogen) atoms. The quantitative estimate of drug-likeness (QED) is 0.676. The number of carbonyl (C=O) groups is 1. The summed E-state index contributed by atoms with van der Waals surface area (Å²) < 4.78 is 0. The molecule has 0 aromatic carbocycles. The molecule has 2 rings (SSSR count). The lowest BCUT2D eigenvalue weighted by atomic mass is 10.1. The lowest BCUT2D eigenvalue weighted by molar-refractivity contribution is -0.117. The number of aryl methyl sites for hydroxylation is 1. The zero-order valence-electron chi connectivity index (χ0n) is 8.58. The van der Waals surface area contributed by atoms with E-state index in [1.54, 1.807) is 11.1 Å². The average Bonchev–Trinajstić information content (AvgIpc) is 2.57. The largest absolute Gasteiger partial charge is 0.297 e. The minimum Gasteiger partial charge on any atom is -0.297 e. The van der Waals surface area contributed by atoms with Gasteiger partial charge in [-0.1, -0.05) is 0 Å². The molecule has 0 spiro atoms. The Bertz CT molecular complexity index is 374. The number of hydrogen-bond donors (Lipinski definition) is 0. The van der Waals surface area contributed by atoms with Crippen molar-refractivity contribution < 1.29 is 4.79 Å². The van der Waals surface area contributed by atoms with Gasteiger partial charge in [0, 0.05) is 19.2 Å². The van der Waals surface area contributed by atoms with Crippen molar-refractivity contribution in [3.63, 3.8) is 0 Å². The zero-order valence-corrected chi connectivity index (χ0v) is 8.58. The van der Waals surface area contributed by atoms with Gasteiger partial charge in [-0.2, -0.15) is 0 Å². The number of pyridine rings is 1. The molecule has 1 saturated heterocycles. The molecule has 2 heterocycles. The summed E-state index contributed by atoms with van der Waals surface area (Å²) in [6, 6.07) is 1.97. The zero-order chi connectivity index (χ0) is 10.1. The van der Waals surface area contributed by atoms with Crippen LogP contribution in [-0.2, 0) is 4.79 Å². The van der Waals surface area contributed by atoms with Crippen molar-refractivity contribution in [3.05, 3.63) is 23.4 Å². The first-order valence-electron chi connectivity index (χ1n) is 4.92. The summed E-state index contributed by atoms with van der Waals surface area (Å²) >= 11 is 0. The van der Waals surface area contributed by atoms with Crippen molar-refractivity contribution in [2.24, 2.45) is 0 Å². The maximum atomic E-state index is 11.5. The van der Waals surface area contributed by atoms with Gasteiger partial charge in [-0.3, -0.25) is 9.69 Å². The van der Waals surface area contributed by atoms with Gasteiger partial charge in [-0.15, -0.1) is 0 Å². The molecule has 1 aliphatic heterocycles. The van der Waals surface area contributed by atoms with E-state index in [0.29, 0.717) is 6.42 Å². The first kappa shape index (κ1) is 9.19. The lowest BCUT2D eigenvalue weighted by Crippen LogP contribution is -2.25. The van der Waals surface area contributed by atoms with Crippen LogP contribution in [0.25, 0.3) is 0 Å². The second kappa shape index (κ2) is 3.40. The Morgan fingerprint density at radius 2 is 2.21 bits per heavy atom.